The highest BCUT2D eigenvalue weighted by Gasteiger charge is 2.28. The maximum absolute atomic E-state index is 12.9. The van der Waals surface area contributed by atoms with E-state index in [1.54, 1.807) is 24.3 Å². The van der Waals surface area contributed by atoms with E-state index in [-0.39, 0.29) is 45.7 Å². The van der Waals surface area contributed by atoms with Gasteiger partial charge in [-0.2, -0.15) is 4.31 Å². The average molecular weight is 482 g/mol. The first-order valence-corrected chi connectivity index (χ1v) is 11.7. The first kappa shape index (κ1) is 24.1. The minimum atomic E-state index is -3.80. The van der Waals surface area contributed by atoms with E-state index in [1.807, 2.05) is 0 Å². The molecule has 172 valence electrons. The third kappa shape index (κ3) is 5.64. The maximum atomic E-state index is 12.9. The minimum absolute atomic E-state index is 0.0180. The van der Waals surface area contributed by atoms with Crippen LogP contribution < -0.4 is 10.6 Å². The Bertz CT molecular complexity index is 1090. The summed E-state index contributed by atoms with van der Waals surface area (Å²) >= 11 is 6.20. The smallest absolute Gasteiger partial charge is 0.257 e. The number of amides is 2. The number of methoxy groups -OCH3 is 1. The van der Waals surface area contributed by atoms with E-state index in [0.717, 1.165) is 0 Å². The van der Waals surface area contributed by atoms with Gasteiger partial charge in [0, 0.05) is 26.7 Å². The average Bonchev–Trinajstić information content (AvgIpc) is 2.80. The Morgan fingerprint density at radius 1 is 1.09 bits per heavy atom. The Kier molecular flexibility index (Phi) is 8.21. The van der Waals surface area contributed by atoms with Crippen molar-refractivity contribution >= 4 is 39.1 Å². The Balaban J connectivity index is 1.83. The van der Waals surface area contributed by atoms with Crippen LogP contribution in [0, 0.1) is 0 Å². The summed E-state index contributed by atoms with van der Waals surface area (Å²) in [6.45, 7) is 1.74. The number of nitrogens with one attached hydrogen (secondary N) is 2. The van der Waals surface area contributed by atoms with Crippen molar-refractivity contribution in [2.45, 2.75) is 4.90 Å². The predicted molar refractivity (Wildman–Crippen MR) is 120 cm³/mol. The Hall–Kier alpha value is -2.50. The first-order valence-electron chi connectivity index (χ1n) is 9.89. The van der Waals surface area contributed by atoms with Crippen molar-refractivity contribution in [1.29, 1.82) is 0 Å². The summed E-state index contributed by atoms with van der Waals surface area (Å²) in [7, 11) is -2.28. The molecule has 2 amide bonds. The van der Waals surface area contributed by atoms with E-state index in [0.29, 0.717) is 26.4 Å². The van der Waals surface area contributed by atoms with Gasteiger partial charge in [0.05, 0.1) is 46.6 Å². The molecule has 3 rings (SSSR count). The molecule has 0 atom stereocenters. The summed E-state index contributed by atoms with van der Waals surface area (Å²) in [6.07, 6.45) is 0. The molecule has 0 radical (unpaired) electrons. The number of carbonyl (C=O) groups is 2. The lowest BCUT2D eigenvalue weighted by Crippen LogP contribution is -2.40. The molecule has 2 N–H and O–H groups in total. The van der Waals surface area contributed by atoms with Gasteiger partial charge in [0.15, 0.2) is 0 Å². The molecule has 1 saturated heterocycles. The highest BCUT2D eigenvalue weighted by Crippen LogP contribution is 2.25. The number of nitrogens with zero attached hydrogens (tertiary/aromatic N) is 1. The van der Waals surface area contributed by atoms with Crippen LogP contribution in [-0.2, 0) is 19.5 Å². The van der Waals surface area contributed by atoms with Gasteiger partial charge in [-0.25, -0.2) is 8.42 Å². The molecule has 32 heavy (non-hydrogen) atoms. The maximum Gasteiger partial charge on any atom is 0.257 e. The van der Waals surface area contributed by atoms with Crippen LogP contribution in [-0.4, -0.2) is 71.1 Å². The van der Waals surface area contributed by atoms with Crippen LogP contribution in [0.25, 0.3) is 0 Å². The number of morpholine rings is 1. The van der Waals surface area contributed by atoms with Gasteiger partial charge in [-0.3, -0.25) is 9.59 Å². The topological polar surface area (TPSA) is 114 Å². The summed E-state index contributed by atoms with van der Waals surface area (Å²) in [5.74, 6) is -1.01. The molecule has 1 aliphatic heterocycles. The molecule has 0 bridgehead atoms. The Morgan fingerprint density at radius 2 is 1.81 bits per heavy atom. The van der Waals surface area contributed by atoms with Crippen molar-refractivity contribution in [1.82, 2.24) is 9.62 Å². The van der Waals surface area contributed by atoms with Gasteiger partial charge in [-0.1, -0.05) is 23.7 Å². The molecule has 0 aromatic heterocycles. The summed E-state index contributed by atoms with van der Waals surface area (Å²) in [6, 6.07) is 10.5. The predicted octanol–water partition coefficient (Wildman–Crippen LogP) is 1.99. The van der Waals surface area contributed by atoms with E-state index in [9.17, 15) is 18.0 Å². The van der Waals surface area contributed by atoms with Crippen molar-refractivity contribution in [2.24, 2.45) is 0 Å². The number of halogens is 1. The van der Waals surface area contributed by atoms with Gasteiger partial charge in [-0.15, -0.1) is 0 Å². The van der Waals surface area contributed by atoms with E-state index in [1.165, 1.54) is 29.6 Å². The van der Waals surface area contributed by atoms with Crippen molar-refractivity contribution in [2.75, 3.05) is 51.9 Å². The number of rotatable bonds is 8. The van der Waals surface area contributed by atoms with E-state index >= 15 is 0 Å². The monoisotopic (exact) mass is 481 g/mol. The molecule has 2 aromatic rings. The van der Waals surface area contributed by atoms with Crippen molar-refractivity contribution in [3.8, 4) is 0 Å². The van der Waals surface area contributed by atoms with Crippen LogP contribution in [0.15, 0.2) is 47.4 Å². The van der Waals surface area contributed by atoms with Gasteiger partial charge in [0.1, 0.15) is 0 Å². The zero-order chi connectivity index (χ0) is 23.1. The molecule has 9 nitrogen and oxygen atoms in total. The normalized spacial score (nSPS) is 14.7. The third-order valence-electron chi connectivity index (χ3n) is 4.80. The zero-order valence-corrected chi connectivity index (χ0v) is 19.0. The van der Waals surface area contributed by atoms with E-state index in [2.05, 4.69) is 10.6 Å². The molecule has 1 aliphatic rings. The quantitative estimate of drug-likeness (QED) is 0.557. The molecule has 2 aromatic carbocycles. The molecular formula is C21H24ClN3O6S. The lowest BCUT2D eigenvalue weighted by atomic mass is 10.1. The summed E-state index contributed by atoms with van der Waals surface area (Å²) in [5, 5.41) is 5.44. The van der Waals surface area contributed by atoms with Crippen LogP contribution in [0.3, 0.4) is 0 Å². The fourth-order valence-electron chi connectivity index (χ4n) is 3.12. The van der Waals surface area contributed by atoms with Crippen LogP contribution >= 0.6 is 11.6 Å². The largest absolute Gasteiger partial charge is 0.383 e. The van der Waals surface area contributed by atoms with Crippen LogP contribution in [0.4, 0.5) is 5.69 Å². The second-order valence-electron chi connectivity index (χ2n) is 6.91. The van der Waals surface area contributed by atoms with Crippen molar-refractivity contribution in [3.05, 3.63) is 58.6 Å². The second-order valence-corrected chi connectivity index (χ2v) is 9.25. The number of sulfonamides is 1. The second kappa shape index (κ2) is 10.9. The van der Waals surface area contributed by atoms with Crippen LogP contribution in [0.2, 0.25) is 5.02 Å². The molecule has 0 saturated carbocycles. The lowest BCUT2D eigenvalue weighted by molar-refractivity contribution is 0.0730. The molecule has 0 unspecified atom stereocenters. The number of ether oxygens (including phenoxy) is 2. The standard InChI is InChI=1S/C21H24ClN3O6S/c1-30-11-8-23-20(26)16-4-2-3-5-19(16)24-21(27)17-14-15(6-7-18(17)22)32(28,29)25-9-12-31-13-10-25/h2-7,14H,8-13H2,1H3,(H,23,26)(H,24,27). The Morgan fingerprint density at radius 3 is 2.53 bits per heavy atom. The van der Waals surface area contributed by atoms with Gasteiger partial charge < -0.3 is 20.1 Å². The van der Waals surface area contributed by atoms with Gasteiger partial charge >= 0.3 is 0 Å². The molecule has 1 heterocycles. The number of anilines is 1. The summed E-state index contributed by atoms with van der Waals surface area (Å²) in [5.41, 5.74) is 0.505. The Labute approximate surface area is 191 Å². The minimum Gasteiger partial charge on any atom is -0.383 e. The van der Waals surface area contributed by atoms with Crippen LogP contribution in [0.5, 0.6) is 0 Å². The fraction of sp³-hybridized carbons (Fsp3) is 0.333. The number of hydrogen-bond acceptors (Lipinski definition) is 6. The summed E-state index contributed by atoms with van der Waals surface area (Å²) in [4.78, 5) is 25.4. The molecule has 1 fully saturated rings. The molecular weight excluding hydrogens is 458 g/mol. The van der Waals surface area contributed by atoms with Gasteiger partial charge in [0.2, 0.25) is 10.0 Å². The van der Waals surface area contributed by atoms with Crippen molar-refractivity contribution in [3.63, 3.8) is 0 Å². The zero-order valence-electron chi connectivity index (χ0n) is 17.5. The van der Waals surface area contributed by atoms with Crippen LogP contribution in [0.1, 0.15) is 20.7 Å². The van der Waals surface area contributed by atoms with E-state index < -0.39 is 15.9 Å². The van der Waals surface area contributed by atoms with Gasteiger partial charge in [0.25, 0.3) is 11.8 Å². The third-order valence-corrected chi connectivity index (χ3v) is 7.03. The lowest BCUT2D eigenvalue weighted by Gasteiger charge is -2.26. The first-order chi connectivity index (χ1) is 15.3. The molecule has 11 heteroatoms. The molecule has 0 spiro atoms. The number of carbonyl (C=O) groups excluding carboxylic acids is 2. The number of benzene rings is 2. The SMILES string of the molecule is COCCNC(=O)c1ccccc1NC(=O)c1cc(S(=O)(=O)N2CCOCC2)ccc1Cl. The van der Waals surface area contributed by atoms with Gasteiger partial charge in [-0.05, 0) is 30.3 Å². The number of para-hydroxylation sites is 1. The molecule has 0 aliphatic carbocycles. The fourth-order valence-corrected chi connectivity index (χ4v) is 4.75. The highest BCUT2D eigenvalue weighted by molar-refractivity contribution is 7.89. The highest BCUT2D eigenvalue weighted by atomic mass is 35.5. The van der Waals surface area contributed by atoms with E-state index in [4.69, 9.17) is 21.1 Å². The van der Waals surface area contributed by atoms with Crippen molar-refractivity contribution < 1.29 is 27.5 Å². The summed E-state index contributed by atoms with van der Waals surface area (Å²) < 4.78 is 37.3. The number of hydrogen-bond donors (Lipinski definition) is 2.